The van der Waals surface area contributed by atoms with Crippen LogP contribution in [-0.4, -0.2) is 13.6 Å². The molecule has 1 nitrogen and oxygen atoms in total. The highest BCUT2D eigenvalue weighted by Gasteiger charge is 2.23. The van der Waals surface area contributed by atoms with Crippen molar-refractivity contribution in [3.05, 3.63) is 34.6 Å². The van der Waals surface area contributed by atoms with Crippen LogP contribution in [0.1, 0.15) is 25.8 Å². The molecule has 90 valence electrons. The van der Waals surface area contributed by atoms with Gasteiger partial charge in [-0.15, -0.1) is 0 Å². The Balaban J connectivity index is 2.90. The minimum absolute atomic E-state index is 0.0697. The first-order valence-electron chi connectivity index (χ1n) is 5.60. The summed E-state index contributed by atoms with van der Waals surface area (Å²) in [5, 5.41) is 3.37. The lowest BCUT2D eigenvalue weighted by Crippen LogP contribution is -2.31. The molecule has 1 atom stereocenters. The molecule has 16 heavy (non-hydrogen) atoms. The van der Waals surface area contributed by atoms with E-state index in [1.54, 1.807) is 12.1 Å². The minimum atomic E-state index is -0.278. The van der Waals surface area contributed by atoms with Gasteiger partial charge in [0.1, 0.15) is 5.82 Å². The largest absolute Gasteiger partial charge is 0.319 e. The second kappa shape index (κ2) is 5.65. The Morgan fingerprint density at radius 3 is 2.69 bits per heavy atom. The monoisotopic (exact) mass is 243 g/mol. The molecule has 0 aliphatic carbocycles. The second-order valence-corrected chi connectivity index (χ2v) is 4.99. The normalized spacial score (nSPS) is 14.8. The van der Waals surface area contributed by atoms with Gasteiger partial charge in [0, 0.05) is 6.54 Å². The third-order valence-electron chi connectivity index (χ3n) is 3.11. The molecule has 1 N–H and O–H groups in total. The molecule has 1 rings (SSSR count). The van der Waals surface area contributed by atoms with Crippen LogP contribution in [0.4, 0.5) is 4.39 Å². The first-order valence-corrected chi connectivity index (χ1v) is 5.97. The summed E-state index contributed by atoms with van der Waals surface area (Å²) in [6.07, 6.45) is 1.70. The van der Waals surface area contributed by atoms with Crippen molar-refractivity contribution >= 4 is 11.6 Å². The molecule has 0 heterocycles. The van der Waals surface area contributed by atoms with Crippen molar-refractivity contribution < 1.29 is 4.39 Å². The smallest absolute Gasteiger partial charge is 0.144 e. The molecular formula is C13H19ClFN. The van der Waals surface area contributed by atoms with Crippen LogP contribution in [0.5, 0.6) is 0 Å². The molecule has 1 unspecified atom stereocenters. The lowest BCUT2D eigenvalue weighted by molar-refractivity contribution is 0.295. The van der Waals surface area contributed by atoms with Gasteiger partial charge in [-0.25, -0.2) is 4.39 Å². The molecule has 1 aromatic rings. The van der Waals surface area contributed by atoms with Gasteiger partial charge < -0.3 is 5.32 Å². The summed E-state index contributed by atoms with van der Waals surface area (Å²) in [5.41, 5.74) is 0.771. The standard InChI is InChI=1S/C13H19ClFN/c1-4-13(2,9-16-3)8-10-6-5-7-11(14)12(10)15/h5-7,16H,4,8-9H2,1-3H3. The van der Waals surface area contributed by atoms with Gasteiger partial charge in [-0.2, -0.15) is 0 Å². The van der Waals surface area contributed by atoms with Crippen LogP contribution in [0.15, 0.2) is 18.2 Å². The van der Waals surface area contributed by atoms with E-state index in [1.165, 1.54) is 0 Å². The molecule has 0 aliphatic rings. The maximum atomic E-state index is 13.8. The predicted octanol–water partition coefficient (Wildman–Crippen LogP) is 3.66. The number of halogens is 2. The number of hydrogen-bond acceptors (Lipinski definition) is 1. The average molecular weight is 244 g/mol. The second-order valence-electron chi connectivity index (χ2n) is 4.58. The molecular weight excluding hydrogens is 225 g/mol. The van der Waals surface area contributed by atoms with E-state index < -0.39 is 0 Å². The zero-order valence-electron chi connectivity index (χ0n) is 10.1. The van der Waals surface area contributed by atoms with E-state index in [0.717, 1.165) is 13.0 Å². The molecule has 1 aromatic carbocycles. The van der Waals surface area contributed by atoms with Crippen molar-refractivity contribution in [3.8, 4) is 0 Å². The van der Waals surface area contributed by atoms with Crippen molar-refractivity contribution in [2.75, 3.05) is 13.6 Å². The summed E-state index contributed by atoms with van der Waals surface area (Å²) in [7, 11) is 1.92. The Morgan fingerprint density at radius 1 is 1.44 bits per heavy atom. The van der Waals surface area contributed by atoms with Gasteiger partial charge in [0.15, 0.2) is 0 Å². The third kappa shape index (κ3) is 3.19. The zero-order chi connectivity index (χ0) is 12.2. The van der Waals surface area contributed by atoms with Crippen LogP contribution < -0.4 is 5.32 Å². The van der Waals surface area contributed by atoms with Gasteiger partial charge in [0.05, 0.1) is 5.02 Å². The Morgan fingerprint density at radius 2 is 2.12 bits per heavy atom. The van der Waals surface area contributed by atoms with E-state index in [1.807, 2.05) is 13.1 Å². The van der Waals surface area contributed by atoms with Crippen LogP contribution >= 0.6 is 11.6 Å². The maximum absolute atomic E-state index is 13.8. The highest BCUT2D eigenvalue weighted by atomic mass is 35.5. The van der Waals surface area contributed by atoms with Crippen LogP contribution in [0, 0.1) is 11.2 Å². The first kappa shape index (κ1) is 13.5. The summed E-state index contributed by atoms with van der Waals surface area (Å²) in [4.78, 5) is 0. The molecule has 0 aliphatic heterocycles. The van der Waals surface area contributed by atoms with Crippen molar-refractivity contribution in [1.29, 1.82) is 0 Å². The van der Waals surface area contributed by atoms with Crippen LogP contribution in [0.25, 0.3) is 0 Å². The molecule has 3 heteroatoms. The van der Waals surface area contributed by atoms with E-state index in [-0.39, 0.29) is 16.3 Å². The molecule has 0 fully saturated rings. The van der Waals surface area contributed by atoms with E-state index in [0.29, 0.717) is 12.0 Å². The SMILES string of the molecule is CCC(C)(CNC)Cc1cccc(Cl)c1F. The molecule has 0 radical (unpaired) electrons. The van der Waals surface area contributed by atoms with Crippen molar-refractivity contribution in [3.63, 3.8) is 0 Å². The number of benzene rings is 1. The summed E-state index contributed by atoms with van der Waals surface area (Å²) >= 11 is 5.77. The van der Waals surface area contributed by atoms with Crippen LogP contribution in [0.3, 0.4) is 0 Å². The summed E-state index contributed by atoms with van der Waals surface area (Å²) in [5.74, 6) is -0.278. The number of nitrogens with one attached hydrogen (secondary N) is 1. The van der Waals surface area contributed by atoms with Gasteiger partial charge in [-0.05, 0) is 36.9 Å². The topological polar surface area (TPSA) is 12.0 Å². The molecule has 0 aromatic heterocycles. The Bertz CT molecular complexity index is 354. The Kier molecular flexibility index (Phi) is 4.75. The fraction of sp³-hybridized carbons (Fsp3) is 0.538. The quantitative estimate of drug-likeness (QED) is 0.832. The van der Waals surface area contributed by atoms with E-state index in [2.05, 4.69) is 19.2 Å². The van der Waals surface area contributed by atoms with Gasteiger partial charge >= 0.3 is 0 Å². The summed E-state index contributed by atoms with van der Waals surface area (Å²) in [6, 6.07) is 5.20. The molecule has 0 amide bonds. The molecule has 0 saturated heterocycles. The number of rotatable bonds is 5. The third-order valence-corrected chi connectivity index (χ3v) is 3.40. The van der Waals surface area contributed by atoms with E-state index in [4.69, 9.17) is 11.6 Å². The first-order chi connectivity index (χ1) is 7.52. The summed E-state index contributed by atoms with van der Waals surface area (Å²) < 4.78 is 13.8. The highest BCUT2D eigenvalue weighted by Crippen LogP contribution is 2.28. The Hall–Kier alpha value is -0.600. The maximum Gasteiger partial charge on any atom is 0.144 e. The highest BCUT2D eigenvalue weighted by molar-refractivity contribution is 6.30. The van der Waals surface area contributed by atoms with E-state index >= 15 is 0 Å². The lowest BCUT2D eigenvalue weighted by atomic mass is 9.81. The fourth-order valence-corrected chi connectivity index (χ4v) is 2.08. The minimum Gasteiger partial charge on any atom is -0.319 e. The number of hydrogen-bond donors (Lipinski definition) is 1. The van der Waals surface area contributed by atoms with E-state index in [9.17, 15) is 4.39 Å². The van der Waals surface area contributed by atoms with Gasteiger partial charge in [0.2, 0.25) is 0 Å². The molecule has 0 spiro atoms. The van der Waals surface area contributed by atoms with Crippen LogP contribution in [0.2, 0.25) is 5.02 Å². The average Bonchev–Trinajstić information content (AvgIpc) is 2.25. The van der Waals surface area contributed by atoms with Crippen molar-refractivity contribution in [1.82, 2.24) is 5.32 Å². The van der Waals surface area contributed by atoms with Crippen molar-refractivity contribution in [2.24, 2.45) is 5.41 Å². The van der Waals surface area contributed by atoms with Gasteiger partial charge in [0.25, 0.3) is 0 Å². The lowest BCUT2D eigenvalue weighted by Gasteiger charge is -2.28. The fourth-order valence-electron chi connectivity index (χ4n) is 1.88. The summed E-state index contributed by atoms with van der Waals surface area (Å²) in [6.45, 7) is 5.15. The van der Waals surface area contributed by atoms with Gasteiger partial charge in [-0.1, -0.05) is 37.6 Å². The molecule has 0 bridgehead atoms. The predicted molar refractivity (Wildman–Crippen MR) is 67.4 cm³/mol. The molecule has 0 saturated carbocycles. The van der Waals surface area contributed by atoms with Crippen LogP contribution in [-0.2, 0) is 6.42 Å². The van der Waals surface area contributed by atoms with Crippen molar-refractivity contribution in [2.45, 2.75) is 26.7 Å². The van der Waals surface area contributed by atoms with Gasteiger partial charge in [-0.3, -0.25) is 0 Å². The Labute approximate surface area is 102 Å². The zero-order valence-corrected chi connectivity index (χ0v) is 10.9.